The van der Waals surface area contributed by atoms with Crippen LogP contribution in [0.2, 0.25) is 0 Å². The molecule has 1 amide bonds. The van der Waals surface area contributed by atoms with Gasteiger partial charge < -0.3 is 4.79 Å². The van der Waals surface area contributed by atoms with Crippen LogP contribution in [-0.2, 0) is 9.59 Å². The fourth-order valence-corrected chi connectivity index (χ4v) is 2.81. The lowest BCUT2D eigenvalue weighted by molar-refractivity contribution is -0.135. The van der Waals surface area contributed by atoms with E-state index in [9.17, 15) is 9.59 Å². The first-order valence-corrected chi connectivity index (χ1v) is 5.88. The smallest absolute Gasteiger partial charge is 0.238 e. The van der Waals surface area contributed by atoms with Crippen LogP contribution in [0.3, 0.4) is 0 Å². The zero-order chi connectivity index (χ0) is 11.8. The second-order valence-electron chi connectivity index (χ2n) is 4.54. The van der Waals surface area contributed by atoms with Crippen LogP contribution >= 0.6 is 0 Å². The Hall–Kier alpha value is -1.68. The molecular formula is C13H14N2O2. The lowest BCUT2D eigenvalue weighted by Crippen LogP contribution is -2.33. The Balaban J connectivity index is 1.96. The first-order valence-electron chi connectivity index (χ1n) is 5.88. The van der Waals surface area contributed by atoms with Gasteiger partial charge in [0.15, 0.2) is 0 Å². The van der Waals surface area contributed by atoms with Crippen LogP contribution < -0.4 is 0 Å². The number of amides is 1. The minimum absolute atomic E-state index is 0.0279. The number of carbonyl (C=O) groups is 2. The summed E-state index contributed by atoms with van der Waals surface area (Å²) in [6, 6.07) is 9.97. The zero-order valence-corrected chi connectivity index (χ0v) is 9.45. The molecule has 2 atom stereocenters. The highest BCUT2D eigenvalue weighted by Gasteiger charge is 2.45. The van der Waals surface area contributed by atoms with Crippen molar-refractivity contribution >= 4 is 12.2 Å². The van der Waals surface area contributed by atoms with Crippen LogP contribution in [0.5, 0.6) is 0 Å². The number of hydrogen-bond donors (Lipinski definition) is 0. The first kappa shape index (κ1) is 10.5. The summed E-state index contributed by atoms with van der Waals surface area (Å²) in [5.74, 6) is 0.0249. The predicted molar refractivity (Wildman–Crippen MR) is 61.8 cm³/mol. The summed E-state index contributed by atoms with van der Waals surface area (Å²) in [6.07, 6.45) is 1.54. The molecule has 0 spiro atoms. The third-order valence-corrected chi connectivity index (χ3v) is 3.58. The zero-order valence-electron chi connectivity index (χ0n) is 9.45. The van der Waals surface area contributed by atoms with Crippen LogP contribution in [0.4, 0.5) is 0 Å². The van der Waals surface area contributed by atoms with Gasteiger partial charge in [-0.2, -0.15) is 0 Å². The van der Waals surface area contributed by atoms with Gasteiger partial charge in [-0.25, -0.2) is 5.01 Å². The highest BCUT2D eigenvalue weighted by atomic mass is 16.2. The molecule has 2 heterocycles. The molecule has 2 saturated heterocycles. The van der Waals surface area contributed by atoms with Crippen molar-refractivity contribution in [3.05, 3.63) is 35.9 Å². The molecule has 0 bridgehead atoms. The Bertz CT molecular complexity index is 446. The van der Waals surface area contributed by atoms with Crippen molar-refractivity contribution in [1.82, 2.24) is 10.0 Å². The van der Waals surface area contributed by atoms with Gasteiger partial charge in [-0.1, -0.05) is 30.3 Å². The molecule has 2 fully saturated rings. The van der Waals surface area contributed by atoms with E-state index in [1.165, 1.54) is 0 Å². The lowest BCUT2D eigenvalue weighted by Gasteiger charge is -2.25. The molecule has 0 aromatic heterocycles. The van der Waals surface area contributed by atoms with Crippen LogP contribution in [-0.4, -0.2) is 35.3 Å². The molecule has 0 unspecified atom stereocenters. The molecule has 0 saturated carbocycles. The van der Waals surface area contributed by atoms with E-state index in [0.29, 0.717) is 13.0 Å². The minimum Gasteiger partial charge on any atom is -0.303 e. The van der Waals surface area contributed by atoms with Crippen molar-refractivity contribution in [3.63, 3.8) is 0 Å². The Morgan fingerprint density at radius 3 is 2.71 bits per heavy atom. The van der Waals surface area contributed by atoms with Crippen molar-refractivity contribution in [2.45, 2.75) is 12.5 Å². The number of hydrazine groups is 1. The Morgan fingerprint density at radius 2 is 2.00 bits per heavy atom. The second kappa shape index (κ2) is 3.96. The second-order valence-corrected chi connectivity index (χ2v) is 4.54. The fraction of sp³-hybridized carbons (Fsp3) is 0.385. The van der Waals surface area contributed by atoms with E-state index < -0.39 is 0 Å². The number of aldehydes is 1. The number of carbonyl (C=O) groups excluding carboxylic acids is 2. The van der Waals surface area contributed by atoms with E-state index in [2.05, 4.69) is 0 Å². The van der Waals surface area contributed by atoms with E-state index >= 15 is 0 Å². The maximum absolute atomic E-state index is 11.7. The van der Waals surface area contributed by atoms with Crippen LogP contribution in [0.15, 0.2) is 30.3 Å². The van der Waals surface area contributed by atoms with Gasteiger partial charge in [-0.05, 0) is 5.56 Å². The van der Waals surface area contributed by atoms with Crippen molar-refractivity contribution in [3.8, 4) is 0 Å². The molecule has 17 heavy (non-hydrogen) atoms. The normalized spacial score (nSPS) is 28.5. The van der Waals surface area contributed by atoms with Gasteiger partial charge in [0.2, 0.25) is 5.91 Å². The van der Waals surface area contributed by atoms with Crippen molar-refractivity contribution in [1.29, 1.82) is 0 Å². The Morgan fingerprint density at radius 1 is 1.24 bits per heavy atom. The molecule has 2 aliphatic rings. The molecule has 1 aromatic rings. The first-order chi connectivity index (χ1) is 8.31. The maximum Gasteiger partial charge on any atom is 0.238 e. The summed E-state index contributed by atoms with van der Waals surface area (Å²) in [7, 11) is 0. The van der Waals surface area contributed by atoms with E-state index in [1.807, 2.05) is 35.3 Å². The fourth-order valence-electron chi connectivity index (χ4n) is 2.81. The average molecular weight is 230 g/mol. The van der Waals surface area contributed by atoms with Gasteiger partial charge >= 0.3 is 0 Å². The largest absolute Gasteiger partial charge is 0.303 e. The van der Waals surface area contributed by atoms with Crippen molar-refractivity contribution in [2.24, 2.45) is 5.92 Å². The molecule has 2 aliphatic heterocycles. The summed E-state index contributed by atoms with van der Waals surface area (Å²) in [5.41, 5.74) is 1.11. The molecule has 0 N–H and O–H groups in total. The Labute approximate surface area is 99.8 Å². The highest BCUT2D eigenvalue weighted by molar-refractivity contribution is 5.79. The van der Waals surface area contributed by atoms with Gasteiger partial charge in [0, 0.05) is 19.5 Å². The van der Waals surface area contributed by atoms with Crippen molar-refractivity contribution in [2.75, 3.05) is 13.1 Å². The molecule has 4 heteroatoms. The van der Waals surface area contributed by atoms with E-state index in [1.54, 1.807) is 5.01 Å². The highest BCUT2D eigenvalue weighted by Crippen LogP contribution is 2.38. The Kier molecular flexibility index (Phi) is 2.44. The van der Waals surface area contributed by atoms with Gasteiger partial charge in [0.1, 0.15) is 6.29 Å². The summed E-state index contributed by atoms with van der Waals surface area (Å²) < 4.78 is 0. The summed E-state index contributed by atoms with van der Waals surface area (Å²) in [6.45, 7) is 1.25. The molecule has 0 radical (unpaired) electrons. The van der Waals surface area contributed by atoms with Gasteiger partial charge in [-0.3, -0.25) is 9.80 Å². The van der Waals surface area contributed by atoms with Gasteiger partial charge in [0.25, 0.3) is 0 Å². The third kappa shape index (κ3) is 1.56. The molecule has 4 nitrogen and oxygen atoms in total. The van der Waals surface area contributed by atoms with Crippen molar-refractivity contribution < 1.29 is 9.59 Å². The third-order valence-electron chi connectivity index (χ3n) is 3.58. The maximum atomic E-state index is 11.7. The molecule has 1 aromatic carbocycles. The number of rotatable bonds is 2. The standard InChI is InChI=1S/C13H14N2O2/c16-9-11-8-15-12(17)6-7-14(15)13(11)10-4-2-1-3-5-10/h1-5,9,11,13H,6-8H2/t11-,13-/m1/s1. The lowest BCUT2D eigenvalue weighted by atomic mass is 9.95. The monoisotopic (exact) mass is 230 g/mol. The van der Waals surface area contributed by atoms with Gasteiger partial charge in [0.05, 0.1) is 12.0 Å². The van der Waals surface area contributed by atoms with Crippen LogP contribution in [0.25, 0.3) is 0 Å². The molecule has 3 rings (SSSR count). The van der Waals surface area contributed by atoms with E-state index in [4.69, 9.17) is 0 Å². The topological polar surface area (TPSA) is 40.6 Å². The predicted octanol–water partition coefficient (Wildman–Crippen LogP) is 1.01. The summed E-state index contributed by atoms with van der Waals surface area (Å²) in [4.78, 5) is 22.8. The molecule has 0 aliphatic carbocycles. The number of fused-ring (bicyclic) bond motifs is 1. The molecular weight excluding hydrogens is 216 g/mol. The van der Waals surface area contributed by atoms with E-state index in [-0.39, 0.29) is 17.9 Å². The number of hydrogen-bond acceptors (Lipinski definition) is 3. The quantitative estimate of drug-likeness (QED) is 0.712. The SMILES string of the molecule is O=C[C@H]1CN2C(=O)CCN2[C@@H]1c1ccccc1. The van der Waals surface area contributed by atoms with Crippen LogP contribution in [0, 0.1) is 5.92 Å². The number of benzene rings is 1. The van der Waals surface area contributed by atoms with Gasteiger partial charge in [-0.15, -0.1) is 0 Å². The molecule has 88 valence electrons. The average Bonchev–Trinajstić information content (AvgIpc) is 2.90. The van der Waals surface area contributed by atoms with Crippen LogP contribution in [0.1, 0.15) is 18.0 Å². The number of nitrogens with zero attached hydrogens (tertiary/aromatic N) is 2. The summed E-state index contributed by atoms with van der Waals surface area (Å²) >= 11 is 0. The minimum atomic E-state index is -0.110. The van der Waals surface area contributed by atoms with E-state index in [0.717, 1.165) is 18.4 Å². The summed E-state index contributed by atoms with van der Waals surface area (Å²) in [5, 5.41) is 3.77.